The Labute approximate surface area is 145 Å². The van der Waals surface area contributed by atoms with Crippen molar-refractivity contribution in [2.24, 2.45) is 5.92 Å². The van der Waals surface area contributed by atoms with Crippen LogP contribution in [0.3, 0.4) is 0 Å². The first-order chi connectivity index (χ1) is 11.1. The number of carbonyl (C=O) groups excluding carboxylic acids is 1. The number of nitrogens with one attached hydrogen (secondary N) is 3. The van der Waals surface area contributed by atoms with E-state index < -0.39 is 0 Å². The highest BCUT2D eigenvalue weighted by atomic mass is 35.5. The summed E-state index contributed by atoms with van der Waals surface area (Å²) >= 11 is 11.9. The second-order valence-corrected chi connectivity index (χ2v) is 6.38. The minimum atomic E-state index is -0.194. The normalized spacial score (nSPS) is 20.4. The molecule has 4 nitrogen and oxygen atoms in total. The Hall–Kier alpha value is -1.59. The largest absolute Gasteiger partial charge is 0.352 e. The van der Waals surface area contributed by atoms with Gasteiger partial charge in [-0.05, 0) is 35.4 Å². The minimum absolute atomic E-state index is 0.00225. The van der Waals surface area contributed by atoms with E-state index in [9.17, 15) is 4.79 Å². The maximum absolute atomic E-state index is 12.5. The molecular weight excluding hydrogens is 333 g/mol. The number of rotatable bonds is 4. The van der Waals surface area contributed by atoms with Crippen LogP contribution in [0, 0.1) is 5.92 Å². The van der Waals surface area contributed by atoms with Crippen molar-refractivity contribution in [3.8, 4) is 0 Å². The zero-order chi connectivity index (χ0) is 16.2. The molecule has 1 heterocycles. The number of hydrogen-bond donors (Lipinski definition) is 3. The SMILES string of the molecule is O=C(NCc1ccc(Cl)cc1)C1CNNC1c1cccc(Cl)c1. The molecule has 0 radical (unpaired) electrons. The lowest BCUT2D eigenvalue weighted by atomic mass is 9.94. The third kappa shape index (κ3) is 4.03. The van der Waals surface area contributed by atoms with Crippen LogP contribution in [0.4, 0.5) is 0 Å². The van der Waals surface area contributed by atoms with Gasteiger partial charge in [-0.25, -0.2) is 5.43 Å². The molecule has 1 saturated heterocycles. The van der Waals surface area contributed by atoms with E-state index in [1.807, 2.05) is 48.5 Å². The zero-order valence-corrected chi connectivity index (χ0v) is 13.9. The van der Waals surface area contributed by atoms with E-state index in [0.717, 1.165) is 11.1 Å². The summed E-state index contributed by atoms with van der Waals surface area (Å²) in [7, 11) is 0. The van der Waals surface area contributed by atoms with Gasteiger partial charge in [-0.2, -0.15) is 0 Å². The van der Waals surface area contributed by atoms with E-state index in [2.05, 4.69) is 16.2 Å². The first-order valence-electron chi connectivity index (χ1n) is 7.39. The Morgan fingerprint density at radius 3 is 2.65 bits per heavy atom. The molecule has 0 aliphatic carbocycles. The summed E-state index contributed by atoms with van der Waals surface area (Å²) in [5, 5.41) is 4.33. The number of amides is 1. The third-order valence-electron chi connectivity index (χ3n) is 3.91. The molecule has 0 saturated carbocycles. The van der Waals surface area contributed by atoms with Crippen LogP contribution in [-0.2, 0) is 11.3 Å². The highest BCUT2D eigenvalue weighted by Gasteiger charge is 2.33. The van der Waals surface area contributed by atoms with Crippen molar-refractivity contribution >= 4 is 29.1 Å². The summed E-state index contributed by atoms with van der Waals surface area (Å²) in [5.41, 5.74) is 8.21. The maximum Gasteiger partial charge on any atom is 0.226 e. The van der Waals surface area contributed by atoms with Crippen molar-refractivity contribution in [3.05, 3.63) is 69.7 Å². The first-order valence-corrected chi connectivity index (χ1v) is 8.15. The van der Waals surface area contributed by atoms with Gasteiger partial charge in [0.05, 0.1) is 12.0 Å². The Balaban J connectivity index is 1.65. The molecule has 0 aromatic heterocycles. The van der Waals surface area contributed by atoms with E-state index in [0.29, 0.717) is 23.1 Å². The molecule has 1 aliphatic heterocycles. The van der Waals surface area contributed by atoms with Gasteiger partial charge in [-0.1, -0.05) is 47.5 Å². The fourth-order valence-corrected chi connectivity index (χ4v) is 3.00. The predicted octanol–water partition coefficient (Wildman–Crippen LogP) is 3.07. The average molecular weight is 350 g/mol. The average Bonchev–Trinajstić information content (AvgIpc) is 3.04. The number of benzene rings is 2. The molecule has 3 rings (SSSR count). The smallest absolute Gasteiger partial charge is 0.226 e. The van der Waals surface area contributed by atoms with Gasteiger partial charge in [-0.3, -0.25) is 10.2 Å². The molecule has 3 N–H and O–H groups in total. The Bertz CT molecular complexity index is 690. The van der Waals surface area contributed by atoms with Crippen LogP contribution in [-0.4, -0.2) is 12.5 Å². The fourth-order valence-electron chi connectivity index (χ4n) is 2.68. The van der Waals surface area contributed by atoms with Crippen LogP contribution in [0.1, 0.15) is 17.2 Å². The van der Waals surface area contributed by atoms with Crippen LogP contribution in [0.2, 0.25) is 10.0 Å². The Kier molecular flexibility index (Phi) is 5.18. The summed E-state index contributed by atoms with van der Waals surface area (Å²) in [5.74, 6) is -0.191. The van der Waals surface area contributed by atoms with E-state index in [-0.39, 0.29) is 17.9 Å². The van der Waals surface area contributed by atoms with Crippen LogP contribution in [0.25, 0.3) is 0 Å². The van der Waals surface area contributed by atoms with Gasteiger partial charge in [0.2, 0.25) is 5.91 Å². The molecule has 1 amide bonds. The molecule has 1 aliphatic rings. The lowest BCUT2D eigenvalue weighted by Gasteiger charge is -2.18. The van der Waals surface area contributed by atoms with Gasteiger partial charge in [-0.15, -0.1) is 0 Å². The second-order valence-electron chi connectivity index (χ2n) is 5.51. The number of carbonyl (C=O) groups is 1. The van der Waals surface area contributed by atoms with Crippen LogP contribution in [0.5, 0.6) is 0 Å². The van der Waals surface area contributed by atoms with Gasteiger partial charge < -0.3 is 5.32 Å². The highest BCUT2D eigenvalue weighted by molar-refractivity contribution is 6.30. The van der Waals surface area contributed by atoms with Gasteiger partial charge in [0.1, 0.15) is 0 Å². The van der Waals surface area contributed by atoms with E-state index in [1.165, 1.54) is 0 Å². The van der Waals surface area contributed by atoms with Crippen LogP contribution >= 0.6 is 23.2 Å². The van der Waals surface area contributed by atoms with E-state index >= 15 is 0 Å². The summed E-state index contributed by atoms with van der Waals surface area (Å²) in [4.78, 5) is 12.5. The molecule has 2 unspecified atom stereocenters. The number of halogens is 2. The van der Waals surface area contributed by atoms with Gasteiger partial charge >= 0.3 is 0 Å². The highest BCUT2D eigenvalue weighted by Crippen LogP contribution is 2.27. The summed E-state index contributed by atoms with van der Waals surface area (Å²) in [6.07, 6.45) is 0. The molecule has 2 atom stereocenters. The van der Waals surface area contributed by atoms with Gasteiger partial charge in [0.15, 0.2) is 0 Å². The van der Waals surface area contributed by atoms with Gasteiger partial charge in [0.25, 0.3) is 0 Å². The number of hydrazine groups is 1. The van der Waals surface area contributed by atoms with Crippen molar-refractivity contribution in [1.29, 1.82) is 0 Å². The second kappa shape index (κ2) is 7.32. The van der Waals surface area contributed by atoms with Crippen LogP contribution in [0.15, 0.2) is 48.5 Å². The maximum atomic E-state index is 12.5. The number of hydrogen-bond acceptors (Lipinski definition) is 3. The molecule has 120 valence electrons. The molecule has 2 aromatic carbocycles. The molecule has 0 bridgehead atoms. The molecule has 23 heavy (non-hydrogen) atoms. The lowest BCUT2D eigenvalue weighted by Crippen LogP contribution is -2.34. The van der Waals surface area contributed by atoms with Crippen molar-refractivity contribution < 1.29 is 4.79 Å². The monoisotopic (exact) mass is 349 g/mol. The Morgan fingerprint density at radius 2 is 1.91 bits per heavy atom. The topological polar surface area (TPSA) is 53.2 Å². The summed E-state index contributed by atoms with van der Waals surface area (Å²) in [6, 6.07) is 14.9. The van der Waals surface area contributed by atoms with Crippen molar-refractivity contribution in [1.82, 2.24) is 16.2 Å². The molecule has 6 heteroatoms. The van der Waals surface area contributed by atoms with E-state index in [1.54, 1.807) is 0 Å². The lowest BCUT2D eigenvalue weighted by molar-refractivity contribution is -0.125. The first kappa shape index (κ1) is 16.3. The quantitative estimate of drug-likeness (QED) is 0.794. The molecule has 1 fully saturated rings. The standard InChI is InChI=1S/C17H17Cl2N3O/c18-13-6-4-11(5-7-13)9-20-17(23)15-10-21-22-16(15)12-2-1-3-14(19)8-12/h1-8,15-16,21-22H,9-10H2,(H,20,23). The molecule has 2 aromatic rings. The Morgan fingerprint density at radius 1 is 1.13 bits per heavy atom. The minimum Gasteiger partial charge on any atom is -0.352 e. The zero-order valence-electron chi connectivity index (χ0n) is 12.4. The van der Waals surface area contributed by atoms with E-state index in [4.69, 9.17) is 23.2 Å². The molecule has 0 spiro atoms. The fraction of sp³-hybridized carbons (Fsp3) is 0.235. The third-order valence-corrected chi connectivity index (χ3v) is 4.39. The predicted molar refractivity (Wildman–Crippen MR) is 92.1 cm³/mol. The summed E-state index contributed by atoms with van der Waals surface area (Å²) < 4.78 is 0. The van der Waals surface area contributed by atoms with Crippen molar-refractivity contribution in [2.45, 2.75) is 12.6 Å². The van der Waals surface area contributed by atoms with Crippen molar-refractivity contribution in [3.63, 3.8) is 0 Å². The van der Waals surface area contributed by atoms with Crippen LogP contribution < -0.4 is 16.2 Å². The summed E-state index contributed by atoms with van der Waals surface area (Å²) in [6.45, 7) is 1.05. The molecular formula is C17H17Cl2N3O. The van der Waals surface area contributed by atoms with Crippen molar-refractivity contribution in [2.75, 3.05) is 6.54 Å². The van der Waals surface area contributed by atoms with Gasteiger partial charge in [0, 0.05) is 23.1 Å².